The zero-order chi connectivity index (χ0) is 20.7. The van der Waals surface area contributed by atoms with Crippen molar-refractivity contribution < 1.29 is 0 Å². The van der Waals surface area contributed by atoms with Gasteiger partial charge in [-0.2, -0.15) is 0 Å². The summed E-state index contributed by atoms with van der Waals surface area (Å²) in [6.07, 6.45) is 0. The summed E-state index contributed by atoms with van der Waals surface area (Å²) in [5.41, 5.74) is 14.0. The summed E-state index contributed by atoms with van der Waals surface area (Å²) in [4.78, 5) is 2.45. The average Bonchev–Trinajstić information content (AvgIpc) is 3.28. The second kappa shape index (κ2) is 5.79. The van der Waals surface area contributed by atoms with Crippen LogP contribution >= 0.6 is 0 Å². The lowest BCUT2D eigenvalue weighted by molar-refractivity contribution is 0.667. The summed E-state index contributed by atoms with van der Waals surface area (Å²) in [7, 11) is 0. The summed E-state index contributed by atoms with van der Waals surface area (Å²) in [6, 6.07) is 35.7. The van der Waals surface area contributed by atoms with Crippen molar-refractivity contribution in [3.8, 4) is 0 Å². The first-order valence-electron chi connectivity index (χ1n) is 11.1. The number of nitrogens with zero attached hydrogens (tertiary/aromatic N) is 1. The molecule has 0 bridgehead atoms. The van der Waals surface area contributed by atoms with Crippen molar-refractivity contribution in [2.24, 2.45) is 0 Å². The van der Waals surface area contributed by atoms with Crippen LogP contribution in [0, 0.1) is 0 Å². The minimum absolute atomic E-state index is 0.00884. The molecule has 0 fully saturated rings. The van der Waals surface area contributed by atoms with Crippen LogP contribution in [0.2, 0.25) is 0 Å². The standard InChI is InChI=1S/C29H22BN/c1-29(2)22-15-7-6-13-20(22)26-21-14-10-18-25-27(21)30(28(26)29)23-16-8-9-17-24(23)31(25)19-11-4-3-5-12-19/h3-18H,1-2H3. The first-order valence-corrected chi connectivity index (χ1v) is 11.1. The number of allylic oxidation sites excluding steroid dienone is 1. The first kappa shape index (κ1) is 17.2. The molecular formula is C29H22BN. The number of benzene rings is 4. The molecule has 4 aromatic rings. The molecule has 0 radical (unpaired) electrons. The van der Waals surface area contributed by atoms with Gasteiger partial charge in [0.05, 0.1) is 0 Å². The molecule has 0 saturated carbocycles. The molecule has 0 N–H and O–H groups in total. The van der Waals surface area contributed by atoms with E-state index in [1.807, 2.05) is 0 Å². The average molecular weight is 395 g/mol. The van der Waals surface area contributed by atoms with E-state index in [4.69, 9.17) is 0 Å². The normalized spacial score (nSPS) is 16.7. The molecule has 146 valence electrons. The Morgan fingerprint density at radius 1 is 0.645 bits per heavy atom. The van der Waals surface area contributed by atoms with Crippen LogP contribution < -0.4 is 15.8 Å². The Morgan fingerprint density at radius 2 is 1.32 bits per heavy atom. The Morgan fingerprint density at radius 3 is 2.19 bits per heavy atom. The quantitative estimate of drug-likeness (QED) is 0.373. The maximum absolute atomic E-state index is 2.45. The lowest BCUT2D eigenvalue weighted by atomic mass is 9.33. The van der Waals surface area contributed by atoms with E-state index in [0.717, 1.165) is 0 Å². The van der Waals surface area contributed by atoms with Gasteiger partial charge in [0.25, 0.3) is 0 Å². The molecule has 31 heavy (non-hydrogen) atoms. The van der Waals surface area contributed by atoms with Gasteiger partial charge in [0.2, 0.25) is 6.71 Å². The summed E-state index contributed by atoms with van der Waals surface area (Å²) in [6.45, 7) is 5.12. The van der Waals surface area contributed by atoms with Crippen molar-refractivity contribution in [2.75, 3.05) is 4.90 Å². The Hall–Kier alpha value is -3.52. The number of fused-ring (bicyclic) bond motifs is 6. The third-order valence-corrected chi connectivity index (χ3v) is 7.49. The van der Waals surface area contributed by atoms with Crippen molar-refractivity contribution in [3.05, 3.63) is 119 Å². The maximum atomic E-state index is 2.45. The fourth-order valence-corrected chi connectivity index (χ4v) is 6.29. The molecule has 1 aliphatic carbocycles. The summed E-state index contributed by atoms with van der Waals surface area (Å²) in [5.74, 6) is 0. The van der Waals surface area contributed by atoms with E-state index in [2.05, 4.69) is 116 Å². The van der Waals surface area contributed by atoms with Gasteiger partial charge in [0.1, 0.15) is 0 Å². The minimum Gasteiger partial charge on any atom is -0.312 e. The van der Waals surface area contributed by atoms with E-state index in [0.29, 0.717) is 6.71 Å². The molecule has 2 heterocycles. The van der Waals surface area contributed by atoms with Gasteiger partial charge in [-0.25, -0.2) is 0 Å². The van der Waals surface area contributed by atoms with Gasteiger partial charge in [0, 0.05) is 22.5 Å². The molecule has 0 aromatic heterocycles. The number of rotatable bonds is 1. The van der Waals surface area contributed by atoms with E-state index in [1.54, 1.807) is 5.47 Å². The molecule has 1 nitrogen and oxygen atoms in total. The van der Waals surface area contributed by atoms with Crippen LogP contribution in [0.15, 0.2) is 103 Å². The largest absolute Gasteiger partial charge is 0.312 e. The highest BCUT2D eigenvalue weighted by molar-refractivity contribution is 6.97. The van der Waals surface area contributed by atoms with Crippen molar-refractivity contribution >= 4 is 40.3 Å². The van der Waals surface area contributed by atoms with Crippen LogP contribution in [0.4, 0.5) is 17.1 Å². The summed E-state index contributed by atoms with van der Waals surface area (Å²) >= 11 is 0. The van der Waals surface area contributed by atoms with E-state index < -0.39 is 0 Å². The smallest absolute Gasteiger partial charge is 0.244 e. The van der Waals surface area contributed by atoms with Gasteiger partial charge in [0.15, 0.2) is 0 Å². The number of hydrogen-bond acceptors (Lipinski definition) is 1. The predicted molar refractivity (Wildman–Crippen MR) is 132 cm³/mol. The lowest BCUT2D eigenvalue weighted by Crippen LogP contribution is -2.52. The molecule has 4 aromatic carbocycles. The Kier molecular flexibility index (Phi) is 3.21. The van der Waals surface area contributed by atoms with Crippen LogP contribution in [0.1, 0.15) is 30.5 Å². The predicted octanol–water partition coefficient (Wildman–Crippen LogP) is 5.72. The highest BCUT2D eigenvalue weighted by Crippen LogP contribution is 2.54. The van der Waals surface area contributed by atoms with Crippen molar-refractivity contribution in [2.45, 2.75) is 19.3 Å². The van der Waals surface area contributed by atoms with Gasteiger partial charge in [-0.3, -0.25) is 0 Å². The molecule has 3 aliphatic rings. The molecule has 2 aliphatic heterocycles. The third kappa shape index (κ3) is 2.03. The van der Waals surface area contributed by atoms with E-state index in [9.17, 15) is 0 Å². The Labute approximate surface area is 183 Å². The number of anilines is 3. The van der Waals surface area contributed by atoms with E-state index in [-0.39, 0.29) is 5.41 Å². The van der Waals surface area contributed by atoms with Crippen molar-refractivity contribution in [3.63, 3.8) is 0 Å². The lowest BCUT2D eigenvalue weighted by Gasteiger charge is -2.38. The highest BCUT2D eigenvalue weighted by Gasteiger charge is 2.52. The van der Waals surface area contributed by atoms with Crippen LogP contribution in [0.25, 0.3) is 5.57 Å². The summed E-state index contributed by atoms with van der Waals surface area (Å²) < 4.78 is 0. The van der Waals surface area contributed by atoms with Gasteiger partial charge >= 0.3 is 0 Å². The minimum atomic E-state index is 0.00884. The number of para-hydroxylation sites is 2. The fourth-order valence-electron chi connectivity index (χ4n) is 6.29. The second-order valence-electron chi connectivity index (χ2n) is 9.36. The van der Waals surface area contributed by atoms with Gasteiger partial charge < -0.3 is 4.90 Å². The topological polar surface area (TPSA) is 3.24 Å². The first-order chi connectivity index (χ1) is 15.2. The molecule has 0 atom stereocenters. The van der Waals surface area contributed by atoms with Gasteiger partial charge in [-0.05, 0) is 57.5 Å². The van der Waals surface area contributed by atoms with Crippen LogP contribution in [0.5, 0.6) is 0 Å². The Bertz CT molecular complexity index is 1410. The zero-order valence-electron chi connectivity index (χ0n) is 17.8. The monoisotopic (exact) mass is 395 g/mol. The number of hydrogen-bond donors (Lipinski definition) is 0. The van der Waals surface area contributed by atoms with E-state index in [1.165, 1.54) is 50.3 Å². The van der Waals surface area contributed by atoms with Gasteiger partial charge in [-0.1, -0.05) is 92.1 Å². The molecular weight excluding hydrogens is 373 g/mol. The maximum Gasteiger partial charge on any atom is 0.244 e. The highest BCUT2D eigenvalue weighted by atomic mass is 15.1. The fraction of sp³-hybridized carbons (Fsp3) is 0.103. The SMILES string of the molecule is CC1(C)C2=C(c3ccccc31)c1cccc3c1B2c1ccccc1N3c1ccccc1. The second-order valence-corrected chi connectivity index (χ2v) is 9.36. The summed E-state index contributed by atoms with van der Waals surface area (Å²) in [5, 5.41) is 0. The van der Waals surface area contributed by atoms with Crippen molar-refractivity contribution in [1.29, 1.82) is 0 Å². The third-order valence-electron chi connectivity index (χ3n) is 7.49. The molecule has 2 heteroatoms. The van der Waals surface area contributed by atoms with E-state index >= 15 is 0 Å². The van der Waals surface area contributed by atoms with Crippen LogP contribution in [0.3, 0.4) is 0 Å². The zero-order valence-corrected chi connectivity index (χ0v) is 17.8. The molecule has 0 spiro atoms. The molecule has 0 amide bonds. The Balaban J connectivity index is 1.59. The molecule has 7 rings (SSSR count). The molecule has 0 saturated heterocycles. The van der Waals surface area contributed by atoms with Gasteiger partial charge in [-0.15, -0.1) is 0 Å². The van der Waals surface area contributed by atoms with Crippen LogP contribution in [-0.2, 0) is 5.41 Å². The van der Waals surface area contributed by atoms with Crippen LogP contribution in [-0.4, -0.2) is 6.71 Å². The van der Waals surface area contributed by atoms with Crippen molar-refractivity contribution in [1.82, 2.24) is 0 Å². The molecule has 0 unspecified atom stereocenters.